The number of allylic oxidation sites excluding steroid dienone is 2. The molecule has 0 saturated heterocycles. The molecule has 0 amide bonds. The molecular weight excluding hydrogens is 292 g/mol. The Hall–Kier alpha value is -0.900. The monoisotopic (exact) mass is 310 g/mol. The van der Waals surface area contributed by atoms with Crippen LogP contribution in [0.3, 0.4) is 0 Å². The van der Waals surface area contributed by atoms with Crippen LogP contribution in [0.4, 0.5) is 0 Å². The van der Waals surface area contributed by atoms with Crippen LogP contribution in [0.2, 0.25) is 0 Å². The lowest BCUT2D eigenvalue weighted by molar-refractivity contribution is 0.101. The first-order valence-corrected chi connectivity index (χ1v) is 7.48. The van der Waals surface area contributed by atoms with Crippen LogP contribution in [-0.4, -0.2) is 15.6 Å². The Morgan fingerprint density at radius 2 is 2.28 bits per heavy atom. The largest absolute Gasteiger partial charge is 0.287 e. The second-order valence-electron chi connectivity index (χ2n) is 4.72. The van der Waals surface area contributed by atoms with E-state index >= 15 is 0 Å². The molecule has 0 aromatic carbocycles. The van der Waals surface area contributed by atoms with Crippen molar-refractivity contribution in [2.45, 2.75) is 52.0 Å². The number of ketones is 1. The van der Waals surface area contributed by atoms with Crippen LogP contribution < -0.4 is 0 Å². The number of carbonyl (C=O) groups is 1. The van der Waals surface area contributed by atoms with Crippen molar-refractivity contribution < 1.29 is 4.79 Å². The lowest BCUT2D eigenvalue weighted by Crippen LogP contribution is -2.13. The zero-order chi connectivity index (χ0) is 13.0. The van der Waals surface area contributed by atoms with E-state index in [4.69, 9.17) is 0 Å². The van der Waals surface area contributed by atoms with Crippen LogP contribution in [0, 0.1) is 0 Å². The number of nitrogens with zero attached hydrogens (tertiary/aromatic N) is 2. The van der Waals surface area contributed by atoms with Gasteiger partial charge in [-0.2, -0.15) is 5.10 Å². The van der Waals surface area contributed by atoms with Crippen molar-refractivity contribution in [1.29, 1.82) is 0 Å². The third kappa shape index (κ3) is 2.91. The highest BCUT2D eigenvalue weighted by Crippen LogP contribution is 2.25. The van der Waals surface area contributed by atoms with E-state index < -0.39 is 0 Å². The average Bonchev–Trinajstić information content (AvgIpc) is 2.58. The molecular formula is C14H19BrN2O. The Balaban J connectivity index is 2.27. The van der Waals surface area contributed by atoms with Crippen LogP contribution in [0.5, 0.6) is 0 Å². The van der Waals surface area contributed by atoms with E-state index in [1.807, 2.05) is 4.68 Å². The Kier molecular flexibility index (Phi) is 4.75. The molecule has 2 rings (SSSR count). The van der Waals surface area contributed by atoms with Gasteiger partial charge in [-0.1, -0.05) is 19.4 Å². The fourth-order valence-electron chi connectivity index (χ4n) is 2.34. The molecule has 4 heteroatoms. The topological polar surface area (TPSA) is 34.9 Å². The molecule has 18 heavy (non-hydrogen) atoms. The molecule has 0 atom stereocenters. The Labute approximate surface area is 116 Å². The molecule has 0 saturated carbocycles. The zero-order valence-electron chi connectivity index (χ0n) is 10.8. The molecule has 0 fully saturated rings. The van der Waals surface area contributed by atoms with Gasteiger partial charge in [0, 0.05) is 6.54 Å². The molecule has 1 aromatic heterocycles. The molecule has 1 aliphatic rings. The van der Waals surface area contributed by atoms with E-state index in [1.54, 1.807) is 6.20 Å². The summed E-state index contributed by atoms with van der Waals surface area (Å²) in [5, 5.41) is 4.27. The number of aromatic nitrogens is 2. The van der Waals surface area contributed by atoms with Crippen molar-refractivity contribution in [2.24, 2.45) is 0 Å². The van der Waals surface area contributed by atoms with E-state index in [2.05, 4.69) is 34.0 Å². The SMILES string of the molecule is CCCn1ncc(Br)c1C(=O)C1=CCCCCC1. The molecule has 0 aliphatic heterocycles. The lowest BCUT2D eigenvalue weighted by Gasteiger charge is -2.08. The first-order chi connectivity index (χ1) is 8.74. The van der Waals surface area contributed by atoms with Gasteiger partial charge in [0.25, 0.3) is 0 Å². The predicted octanol–water partition coefficient (Wildman–Crippen LogP) is 4.13. The standard InChI is InChI=1S/C14H19BrN2O/c1-2-9-17-13(12(15)10-16-17)14(18)11-7-5-3-4-6-8-11/h7,10H,2-6,8-9H2,1H3. The summed E-state index contributed by atoms with van der Waals surface area (Å²) in [5.41, 5.74) is 1.68. The summed E-state index contributed by atoms with van der Waals surface area (Å²) >= 11 is 3.44. The van der Waals surface area contributed by atoms with Crippen molar-refractivity contribution in [1.82, 2.24) is 9.78 Å². The van der Waals surface area contributed by atoms with Crippen LogP contribution >= 0.6 is 15.9 Å². The summed E-state index contributed by atoms with van der Waals surface area (Å²) in [7, 11) is 0. The number of Topliss-reactive ketones (excluding diaryl/α,β-unsaturated/α-hetero) is 1. The predicted molar refractivity (Wildman–Crippen MR) is 75.7 cm³/mol. The molecule has 1 aromatic rings. The van der Waals surface area contributed by atoms with Crippen LogP contribution in [0.15, 0.2) is 22.3 Å². The quantitative estimate of drug-likeness (QED) is 0.784. The number of hydrogen-bond donors (Lipinski definition) is 0. The van der Waals surface area contributed by atoms with E-state index in [0.29, 0.717) is 5.69 Å². The maximum Gasteiger partial charge on any atom is 0.207 e. The van der Waals surface area contributed by atoms with E-state index in [1.165, 1.54) is 12.8 Å². The molecule has 1 heterocycles. The number of aryl methyl sites for hydroxylation is 1. The lowest BCUT2D eigenvalue weighted by atomic mass is 10.0. The van der Waals surface area contributed by atoms with Crippen molar-refractivity contribution in [3.63, 3.8) is 0 Å². The summed E-state index contributed by atoms with van der Waals surface area (Å²) in [5.74, 6) is 0.148. The first-order valence-electron chi connectivity index (χ1n) is 6.69. The van der Waals surface area contributed by atoms with Crippen molar-refractivity contribution in [3.8, 4) is 0 Å². The second kappa shape index (κ2) is 6.32. The normalized spacial score (nSPS) is 16.2. The number of rotatable bonds is 4. The van der Waals surface area contributed by atoms with Gasteiger partial charge in [0.15, 0.2) is 0 Å². The number of halogens is 1. The molecule has 1 aliphatic carbocycles. The second-order valence-corrected chi connectivity index (χ2v) is 5.58. The minimum absolute atomic E-state index is 0.148. The minimum atomic E-state index is 0.148. The van der Waals surface area contributed by atoms with Crippen molar-refractivity contribution in [3.05, 3.63) is 28.0 Å². The van der Waals surface area contributed by atoms with E-state index in [9.17, 15) is 4.79 Å². The maximum atomic E-state index is 12.6. The smallest absolute Gasteiger partial charge is 0.207 e. The fourth-order valence-corrected chi connectivity index (χ4v) is 2.82. The van der Waals surface area contributed by atoms with Gasteiger partial charge in [0.2, 0.25) is 5.78 Å². The third-order valence-electron chi connectivity index (χ3n) is 3.28. The highest BCUT2D eigenvalue weighted by atomic mass is 79.9. The number of hydrogen-bond acceptors (Lipinski definition) is 2. The summed E-state index contributed by atoms with van der Waals surface area (Å²) in [6, 6.07) is 0. The molecule has 0 radical (unpaired) electrons. The van der Waals surface area contributed by atoms with E-state index in [0.717, 1.165) is 42.3 Å². The average molecular weight is 311 g/mol. The van der Waals surface area contributed by atoms with Crippen LogP contribution in [0.1, 0.15) is 55.9 Å². The summed E-state index contributed by atoms with van der Waals surface area (Å²) in [6.45, 7) is 2.88. The minimum Gasteiger partial charge on any atom is -0.287 e. The number of carbonyl (C=O) groups excluding carboxylic acids is 1. The molecule has 0 N–H and O–H groups in total. The van der Waals surface area contributed by atoms with Gasteiger partial charge in [-0.05, 0) is 53.6 Å². The molecule has 0 unspecified atom stereocenters. The van der Waals surface area contributed by atoms with Gasteiger partial charge in [-0.15, -0.1) is 0 Å². The van der Waals surface area contributed by atoms with Crippen LogP contribution in [0.25, 0.3) is 0 Å². The Morgan fingerprint density at radius 1 is 1.44 bits per heavy atom. The Morgan fingerprint density at radius 3 is 3.06 bits per heavy atom. The summed E-state index contributed by atoms with van der Waals surface area (Å²) < 4.78 is 2.63. The highest BCUT2D eigenvalue weighted by molar-refractivity contribution is 9.10. The van der Waals surface area contributed by atoms with Gasteiger partial charge >= 0.3 is 0 Å². The van der Waals surface area contributed by atoms with Crippen LogP contribution in [-0.2, 0) is 6.54 Å². The molecule has 0 bridgehead atoms. The van der Waals surface area contributed by atoms with E-state index in [-0.39, 0.29) is 5.78 Å². The summed E-state index contributed by atoms with van der Waals surface area (Å²) in [4.78, 5) is 12.6. The maximum absolute atomic E-state index is 12.6. The third-order valence-corrected chi connectivity index (χ3v) is 3.86. The van der Waals surface area contributed by atoms with Gasteiger partial charge in [0.05, 0.1) is 10.7 Å². The fraction of sp³-hybridized carbons (Fsp3) is 0.571. The van der Waals surface area contributed by atoms with Gasteiger partial charge in [-0.25, -0.2) is 0 Å². The molecule has 98 valence electrons. The Bertz CT molecular complexity index is 462. The van der Waals surface area contributed by atoms with Gasteiger partial charge in [-0.3, -0.25) is 9.48 Å². The zero-order valence-corrected chi connectivity index (χ0v) is 12.4. The van der Waals surface area contributed by atoms with Gasteiger partial charge in [0.1, 0.15) is 5.69 Å². The first kappa shape index (κ1) is 13.5. The molecule has 0 spiro atoms. The summed E-state index contributed by atoms with van der Waals surface area (Å²) in [6.07, 6.45) is 10.3. The van der Waals surface area contributed by atoms with Crippen molar-refractivity contribution in [2.75, 3.05) is 0 Å². The van der Waals surface area contributed by atoms with Crippen molar-refractivity contribution >= 4 is 21.7 Å². The molecule has 3 nitrogen and oxygen atoms in total. The highest BCUT2D eigenvalue weighted by Gasteiger charge is 2.20. The van der Waals surface area contributed by atoms with Gasteiger partial charge < -0.3 is 0 Å².